The van der Waals surface area contributed by atoms with Crippen LogP contribution in [0.2, 0.25) is 5.02 Å². The minimum atomic E-state index is -3.95. The predicted octanol–water partition coefficient (Wildman–Crippen LogP) is 4.00. The number of carboxylic acids is 1. The monoisotopic (exact) mass is 409 g/mol. The number of halogens is 1. The fraction of sp³-hybridized carbons (Fsp3) is 0.350. The van der Waals surface area contributed by atoms with Crippen LogP contribution in [0.15, 0.2) is 53.4 Å². The largest absolute Gasteiger partial charge is 0.480 e. The van der Waals surface area contributed by atoms with Gasteiger partial charge in [-0.3, -0.25) is 4.79 Å². The van der Waals surface area contributed by atoms with Crippen molar-refractivity contribution in [3.8, 4) is 0 Å². The van der Waals surface area contributed by atoms with Crippen molar-refractivity contribution < 1.29 is 18.3 Å². The van der Waals surface area contributed by atoms with Crippen LogP contribution in [-0.2, 0) is 27.7 Å². The summed E-state index contributed by atoms with van der Waals surface area (Å²) in [4.78, 5) is 11.8. The van der Waals surface area contributed by atoms with E-state index in [0.717, 1.165) is 29.1 Å². The molecule has 146 valence electrons. The molecule has 0 aliphatic rings. The normalized spacial score (nSPS) is 12.9. The van der Waals surface area contributed by atoms with Gasteiger partial charge in [0.15, 0.2) is 0 Å². The number of sulfonamides is 1. The van der Waals surface area contributed by atoms with Gasteiger partial charge in [0.25, 0.3) is 0 Å². The maximum atomic E-state index is 12.8. The highest BCUT2D eigenvalue weighted by Gasteiger charge is 2.32. The Kier molecular flexibility index (Phi) is 7.41. The highest BCUT2D eigenvalue weighted by molar-refractivity contribution is 7.89. The Morgan fingerprint density at radius 1 is 1.07 bits per heavy atom. The fourth-order valence-electron chi connectivity index (χ4n) is 2.76. The predicted molar refractivity (Wildman–Crippen MR) is 107 cm³/mol. The molecule has 2 aromatic carbocycles. The number of hydrogen-bond acceptors (Lipinski definition) is 3. The van der Waals surface area contributed by atoms with Crippen LogP contribution in [0.25, 0.3) is 0 Å². The van der Waals surface area contributed by atoms with E-state index in [1.165, 1.54) is 36.9 Å². The molecule has 2 aromatic rings. The smallest absolute Gasteiger partial charge is 0.322 e. The van der Waals surface area contributed by atoms with E-state index in [0.29, 0.717) is 5.02 Å². The van der Waals surface area contributed by atoms with Crippen LogP contribution in [0.5, 0.6) is 0 Å². The van der Waals surface area contributed by atoms with E-state index in [1.54, 1.807) is 0 Å². The van der Waals surface area contributed by atoms with Crippen molar-refractivity contribution in [1.82, 2.24) is 4.31 Å². The molecule has 2 rings (SSSR count). The van der Waals surface area contributed by atoms with Gasteiger partial charge >= 0.3 is 5.97 Å². The summed E-state index contributed by atoms with van der Waals surface area (Å²) in [6.07, 6.45) is 3.27. The zero-order valence-corrected chi connectivity index (χ0v) is 17.0. The van der Waals surface area contributed by atoms with Gasteiger partial charge < -0.3 is 5.11 Å². The summed E-state index contributed by atoms with van der Waals surface area (Å²) in [7, 11) is -2.66. The van der Waals surface area contributed by atoms with Crippen molar-refractivity contribution in [2.45, 2.75) is 43.5 Å². The molecule has 27 heavy (non-hydrogen) atoms. The summed E-state index contributed by atoms with van der Waals surface area (Å²) in [6.45, 7) is 2.13. The van der Waals surface area contributed by atoms with Gasteiger partial charge in [-0.15, -0.1) is 0 Å². The quantitative estimate of drug-likeness (QED) is 0.679. The number of carbonyl (C=O) groups is 1. The number of benzene rings is 2. The average Bonchev–Trinajstić information content (AvgIpc) is 2.65. The maximum Gasteiger partial charge on any atom is 0.322 e. The number of aliphatic carboxylic acids is 1. The zero-order chi connectivity index (χ0) is 20.0. The third-order valence-electron chi connectivity index (χ3n) is 4.49. The molecule has 0 radical (unpaired) electrons. The Balaban J connectivity index is 2.21. The highest BCUT2D eigenvalue weighted by atomic mass is 35.5. The molecular weight excluding hydrogens is 386 g/mol. The van der Waals surface area contributed by atoms with Crippen LogP contribution < -0.4 is 0 Å². The van der Waals surface area contributed by atoms with Crippen molar-refractivity contribution >= 4 is 27.6 Å². The SMILES string of the molecule is CCCCc1ccc(C[C@H](C(=O)O)N(C)S(=O)(=O)c2ccc(Cl)cc2)cc1. The number of carboxylic acid groups (broad SMARTS) is 1. The number of unbranched alkanes of at least 4 members (excludes halogenated alkanes) is 1. The molecule has 0 aliphatic carbocycles. The van der Waals surface area contributed by atoms with E-state index in [4.69, 9.17) is 11.6 Å². The summed E-state index contributed by atoms with van der Waals surface area (Å²) >= 11 is 5.80. The first-order valence-electron chi connectivity index (χ1n) is 8.80. The Hall–Kier alpha value is -1.89. The lowest BCUT2D eigenvalue weighted by atomic mass is 10.0. The summed E-state index contributed by atoms with van der Waals surface area (Å²) in [5, 5.41) is 10.0. The minimum absolute atomic E-state index is 0.00978. The van der Waals surface area contributed by atoms with Crippen LogP contribution >= 0.6 is 11.6 Å². The van der Waals surface area contributed by atoms with Crippen LogP contribution in [0.1, 0.15) is 30.9 Å². The average molecular weight is 410 g/mol. The van der Waals surface area contributed by atoms with Crippen molar-refractivity contribution in [3.05, 3.63) is 64.7 Å². The van der Waals surface area contributed by atoms with Gasteiger partial charge in [-0.2, -0.15) is 4.31 Å². The molecule has 0 saturated carbocycles. The van der Waals surface area contributed by atoms with Gasteiger partial charge in [-0.05, 0) is 54.7 Å². The van der Waals surface area contributed by atoms with Crippen LogP contribution in [-0.4, -0.2) is 36.9 Å². The Bertz CT molecular complexity index is 864. The standard InChI is InChI=1S/C20H24ClNO4S/c1-3-4-5-15-6-8-16(9-7-15)14-19(20(23)24)22(2)27(25,26)18-12-10-17(21)11-13-18/h6-13,19H,3-5,14H2,1-2H3,(H,23,24)/t19-/m1/s1. The molecule has 0 unspecified atom stereocenters. The molecule has 7 heteroatoms. The molecule has 0 bridgehead atoms. The van der Waals surface area contributed by atoms with Gasteiger partial charge in [0, 0.05) is 12.1 Å². The first-order chi connectivity index (χ1) is 12.8. The summed E-state index contributed by atoms with van der Waals surface area (Å²) in [5.74, 6) is -1.19. The number of nitrogens with zero attached hydrogens (tertiary/aromatic N) is 1. The first-order valence-corrected chi connectivity index (χ1v) is 10.6. The zero-order valence-electron chi connectivity index (χ0n) is 15.4. The first kappa shape index (κ1) is 21.4. The lowest BCUT2D eigenvalue weighted by Gasteiger charge is -2.24. The van der Waals surface area contributed by atoms with Crippen molar-refractivity contribution in [3.63, 3.8) is 0 Å². The topological polar surface area (TPSA) is 74.7 Å². The van der Waals surface area contributed by atoms with E-state index >= 15 is 0 Å². The van der Waals surface area contributed by atoms with E-state index in [-0.39, 0.29) is 11.3 Å². The Morgan fingerprint density at radius 2 is 1.63 bits per heavy atom. The van der Waals surface area contributed by atoms with Gasteiger partial charge in [0.1, 0.15) is 6.04 Å². The molecule has 0 aliphatic heterocycles. The molecule has 0 fully saturated rings. The van der Waals surface area contributed by atoms with E-state index in [1.807, 2.05) is 24.3 Å². The Morgan fingerprint density at radius 3 is 2.15 bits per heavy atom. The third-order valence-corrected chi connectivity index (χ3v) is 6.62. The van der Waals surface area contributed by atoms with Crippen molar-refractivity contribution in [2.75, 3.05) is 7.05 Å². The molecule has 0 amide bonds. The number of hydrogen-bond donors (Lipinski definition) is 1. The van der Waals surface area contributed by atoms with Gasteiger partial charge in [-0.25, -0.2) is 8.42 Å². The second-order valence-electron chi connectivity index (χ2n) is 6.45. The van der Waals surface area contributed by atoms with Crippen molar-refractivity contribution in [2.24, 2.45) is 0 Å². The number of likely N-dealkylation sites (N-methyl/N-ethyl adjacent to an activating group) is 1. The lowest BCUT2D eigenvalue weighted by molar-refractivity contribution is -0.141. The van der Waals surface area contributed by atoms with Gasteiger partial charge in [0.05, 0.1) is 4.90 Å². The Labute approximate surface area is 165 Å². The second-order valence-corrected chi connectivity index (χ2v) is 8.89. The molecule has 1 N–H and O–H groups in total. The van der Waals surface area contributed by atoms with E-state index in [9.17, 15) is 18.3 Å². The highest BCUT2D eigenvalue weighted by Crippen LogP contribution is 2.21. The number of aryl methyl sites for hydroxylation is 1. The van der Waals surface area contributed by atoms with E-state index < -0.39 is 22.0 Å². The summed E-state index contributed by atoms with van der Waals surface area (Å²) < 4.78 is 26.4. The summed E-state index contributed by atoms with van der Waals surface area (Å²) in [6, 6.07) is 12.1. The van der Waals surface area contributed by atoms with Crippen molar-refractivity contribution in [1.29, 1.82) is 0 Å². The van der Waals surface area contributed by atoms with E-state index in [2.05, 4.69) is 6.92 Å². The molecule has 0 aromatic heterocycles. The third kappa shape index (κ3) is 5.54. The molecule has 5 nitrogen and oxygen atoms in total. The molecule has 0 saturated heterocycles. The molecule has 0 spiro atoms. The molecular formula is C20H24ClNO4S. The van der Waals surface area contributed by atoms with Crippen LogP contribution in [0.4, 0.5) is 0 Å². The molecule has 0 heterocycles. The molecule has 1 atom stereocenters. The van der Waals surface area contributed by atoms with Crippen LogP contribution in [0, 0.1) is 0 Å². The maximum absolute atomic E-state index is 12.8. The van der Waals surface area contributed by atoms with Crippen LogP contribution in [0.3, 0.4) is 0 Å². The summed E-state index contributed by atoms with van der Waals surface area (Å²) in [5.41, 5.74) is 1.97. The van der Waals surface area contributed by atoms with Gasteiger partial charge in [0.2, 0.25) is 10.0 Å². The minimum Gasteiger partial charge on any atom is -0.480 e. The fourth-order valence-corrected chi connectivity index (χ4v) is 4.20. The second kappa shape index (κ2) is 9.35. The number of rotatable bonds is 9. The van der Waals surface area contributed by atoms with Gasteiger partial charge in [-0.1, -0.05) is 49.2 Å². The lowest BCUT2D eigenvalue weighted by Crippen LogP contribution is -2.43.